The van der Waals surface area contributed by atoms with E-state index in [4.69, 9.17) is 0 Å². The summed E-state index contributed by atoms with van der Waals surface area (Å²) >= 11 is 0. The lowest BCUT2D eigenvalue weighted by molar-refractivity contribution is -0.127. The molecule has 1 aromatic rings. The summed E-state index contributed by atoms with van der Waals surface area (Å²) in [6.45, 7) is 10.0. The smallest absolute Gasteiger partial charge is 0.223 e. The fourth-order valence-corrected chi connectivity index (χ4v) is 3.13. The van der Waals surface area contributed by atoms with E-state index in [2.05, 4.69) is 48.5 Å². The van der Waals surface area contributed by atoms with Crippen molar-refractivity contribution in [3.05, 3.63) is 35.9 Å². The molecular weight excluding hydrogens is 451 g/mol. The van der Waals surface area contributed by atoms with Gasteiger partial charge in [-0.05, 0) is 23.8 Å². The van der Waals surface area contributed by atoms with Gasteiger partial charge in [0.1, 0.15) is 0 Å². The molecule has 0 aliphatic carbocycles. The van der Waals surface area contributed by atoms with Crippen LogP contribution in [0.4, 0.5) is 0 Å². The Morgan fingerprint density at radius 3 is 2.56 bits per heavy atom. The molecule has 1 aliphatic heterocycles. The third-order valence-corrected chi connectivity index (χ3v) is 4.76. The second-order valence-electron chi connectivity index (χ2n) is 8.34. The van der Waals surface area contributed by atoms with Crippen LogP contribution in [0.2, 0.25) is 0 Å². The minimum atomic E-state index is 0. The molecule has 2 rings (SSSR count). The van der Waals surface area contributed by atoms with Crippen molar-refractivity contribution in [2.75, 3.05) is 33.2 Å². The van der Waals surface area contributed by atoms with Crippen molar-refractivity contribution >= 4 is 35.8 Å². The highest BCUT2D eigenvalue weighted by Crippen LogP contribution is 2.18. The van der Waals surface area contributed by atoms with Gasteiger partial charge in [0, 0.05) is 45.6 Å². The van der Waals surface area contributed by atoms with Gasteiger partial charge in [-0.25, -0.2) is 0 Å². The highest BCUT2D eigenvalue weighted by molar-refractivity contribution is 14.0. The molecule has 1 fully saturated rings. The van der Waals surface area contributed by atoms with Crippen LogP contribution in [-0.4, -0.2) is 50.0 Å². The van der Waals surface area contributed by atoms with Crippen LogP contribution in [0.5, 0.6) is 0 Å². The molecule has 0 radical (unpaired) electrons. The largest absolute Gasteiger partial charge is 0.356 e. The summed E-state index contributed by atoms with van der Waals surface area (Å²) < 4.78 is 0. The predicted octanol–water partition coefficient (Wildman–Crippen LogP) is 3.30. The van der Waals surface area contributed by atoms with E-state index in [0.29, 0.717) is 17.8 Å². The van der Waals surface area contributed by atoms with Crippen molar-refractivity contribution in [2.24, 2.45) is 16.3 Å². The first kappa shape index (κ1) is 23.7. The first-order chi connectivity index (χ1) is 12.4. The Morgan fingerprint density at radius 2 is 1.93 bits per heavy atom. The number of nitrogens with one attached hydrogen (secondary N) is 2. The third kappa shape index (κ3) is 8.95. The van der Waals surface area contributed by atoms with Gasteiger partial charge in [-0.15, -0.1) is 24.0 Å². The van der Waals surface area contributed by atoms with Crippen LogP contribution in [0.15, 0.2) is 35.3 Å². The summed E-state index contributed by atoms with van der Waals surface area (Å²) in [6, 6.07) is 10.4. The molecule has 1 aromatic carbocycles. The van der Waals surface area contributed by atoms with Crippen LogP contribution in [0.1, 0.15) is 39.2 Å². The number of hydrogen-bond acceptors (Lipinski definition) is 2. The molecule has 6 heteroatoms. The molecule has 0 spiro atoms. The number of nitrogens with zero attached hydrogens (tertiary/aromatic N) is 2. The molecule has 1 heterocycles. The molecule has 1 aliphatic rings. The Hall–Kier alpha value is -1.31. The Morgan fingerprint density at radius 1 is 1.22 bits per heavy atom. The van der Waals surface area contributed by atoms with Crippen LogP contribution in [0.3, 0.4) is 0 Å². The normalized spacial score (nSPS) is 17.6. The third-order valence-electron chi connectivity index (χ3n) is 4.76. The number of carbonyl (C=O) groups is 1. The van der Waals surface area contributed by atoms with Crippen molar-refractivity contribution in [1.29, 1.82) is 0 Å². The number of rotatable bonds is 7. The summed E-state index contributed by atoms with van der Waals surface area (Å²) in [5, 5.41) is 6.73. The van der Waals surface area contributed by atoms with Crippen LogP contribution < -0.4 is 10.6 Å². The van der Waals surface area contributed by atoms with E-state index in [9.17, 15) is 4.79 Å². The second kappa shape index (κ2) is 11.5. The van der Waals surface area contributed by atoms with Gasteiger partial charge >= 0.3 is 0 Å². The highest BCUT2D eigenvalue weighted by atomic mass is 127. The lowest BCUT2D eigenvalue weighted by atomic mass is 9.92. The van der Waals surface area contributed by atoms with E-state index < -0.39 is 0 Å². The maximum atomic E-state index is 12.3. The molecule has 0 aromatic heterocycles. The van der Waals surface area contributed by atoms with Crippen molar-refractivity contribution in [3.8, 4) is 0 Å². The van der Waals surface area contributed by atoms with Gasteiger partial charge in [-0.3, -0.25) is 9.79 Å². The monoisotopic (exact) mass is 486 g/mol. The zero-order valence-corrected chi connectivity index (χ0v) is 19.5. The maximum absolute atomic E-state index is 12.3. The minimum Gasteiger partial charge on any atom is -0.356 e. The van der Waals surface area contributed by atoms with Crippen molar-refractivity contribution in [1.82, 2.24) is 15.5 Å². The van der Waals surface area contributed by atoms with Gasteiger partial charge in [0.25, 0.3) is 0 Å². The average Bonchev–Trinajstić information content (AvgIpc) is 2.96. The van der Waals surface area contributed by atoms with Gasteiger partial charge in [0.2, 0.25) is 5.91 Å². The van der Waals surface area contributed by atoms with Gasteiger partial charge in [0.05, 0.1) is 0 Å². The number of benzene rings is 1. The summed E-state index contributed by atoms with van der Waals surface area (Å²) in [6.07, 6.45) is 2.63. The van der Waals surface area contributed by atoms with E-state index >= 15 is 0 Å². The number of aliphatic imine (C=N–C) groups is 1. The number of halogens is 1. The van der Waals surface area contributed by atoms with Crippen LogP contribution in [0, 0.1) is 11.3 Å². The molecule has 27 heavy (non-hydrogen) atoms. The van der Waals surface area contributed by atoms with E-state index in [-0.39, 0.29) is 29.9 Å². The lowest BCUT2D eigenvalue weighted by Gasteiger charge is -2.20. The van der Waals surface area contributed by atoms with Crippen LogP contribution in [0.25, 0.3) is 0 Å². The van der Waals surface area contributed by atoms with Gasteiger partial charge in [-0.2, -0.15) is 0 Å². The fraction of sp³-hybridized carbons (Fsp3) is 0.619. The molecule has 1 atom stereocenters. The Kier molecular flexibility index (Phi) is 10.1. The zero-order valence-electron chi connectivity index (χ0n) is 17.1. The Bertz CT molecular complexity index is 598. The highest BCUT2D eigenvalue weighted by Gasteiger charge is 2.29. The first-order valence-corrected chi connectivity index (χ1v) is 9.63. The Balaban J connectivity index is 0.00000364. The van der Waals surface area contributed by atoms with E-state index in [0.717, 1.165) is 45.0 Å². The lowest BCUT2D eigenvalue weighted by Crippen LogP contribution is -2.41. The van der Waals surface area contributed by atoms with Gasteiger partial charge in [0.15, 0.2) is 5.96 Å². The molecule has 5 nitrogen and oxygen atoms in total. The number of guanidine groups is 1. The molecule has 1 unspecified atom stereocenters. The van der Waals surface area contributed by atoms with E-state index in [1.165, 1.54) is 5.56 Å². The van der Waals surface area contributed by atoms with Crippen molar-refractivity contribution in [3.63, 3.8) is 0 Å². The van der Waals surface area contributed by atoms with Gasteiger partial charge < -0.3 is 15.5 Å². The first-order valence-electron chi connectivity index (χ1n) is 9.63. The molecule has 152 valence electrons. The summed E-state index contributed by atoms with van der Waals surface area (Å²) in [5.41, 5.74) is 1.59. The second-order valence-corrected chi connectivity index (χ2v) is 8.34. The van der Waals surface area contributed by atoms with Crippen molar-refractivity contribution < 1.29 is 4.79 Å². The fourth-order valence-electron chi connectivity index (χ4n) is 3.13. The average molecular weight is 486 g/mol. The summed E-state index contributed by atoms with van der Waals surface area (Å²) in [5.74, 6) is 1.44. The molecular formula is C21H35IN4O. The molecule has 0 bridgehead atoms. The quantitative estimate of drug-likeness (QED) is 0.353. The topological polar surface area (TPSA) is 56.7 Å². The summed E-state index contributed by atoms with van der Waals surface area (Å²) in [7, 11) is 1.79. The van der Waals surface area contributed by atoms with Crippen LogP contribution >= 0.6 is 24.0 Å². The van der Waals surface area contributed by atoms with Crippen LogP contribution in [-0.2, 0) is 11.2 Å². The number of carbonyl (C=O) groups excluding carboxylic acids is 1. The number of hydrogen-bond donors (Lipinski definition) is 2. The zero-order chi connectivity index (χ0) is 19.0. The predicted molar refractivity (Wildman–Crippen MR) is 124 cm³/mol. The van der Waals surface area contributed by atoms with E-state index in [1.54, 1.807) is 7.05 Å². The molecule has 1 saturated heterocycles. The summed E-state index contributed by atoms with van der Waals surface area (Å²) in [4.78, 5) is 18.5. The number of likely N-dealkylation sites (tertiary alicyclic amines) is 1. The molecule has 2 N–H and O–H groups in total. The van der Waals surface area contributed by atoms with Crippen molar-refractivity contribution in [2.45, 2.75) is 40.0 Å². The Labute approximate surface area is 181 Å². The minimum absolute atomic E-state index is 0. The SMILES string of the molecule is CN=C(NCCC(C)(C)C)NCC1CC(=O)N(CCc2ccccc2)C1.I. The van der Waals surface area contributed by atoms with Gasteiger partial charge in [-0.1, -0.05) is 51.1 Å². The standard InChI is InChI=1S/C21H34N4O.HI/c1-21(2,3)11-12-23-20(22-4)24-15-18-14-19(26)25(16-18)13-10-17-8-6-5-7-9-17;/h5-9,18H,10-16H2,1-4H3,(H2,22,23,24);1H. The number of amides is 1. The molecule has 1 amide bonds. The van der Waals surface area contributed by atoms with E-state index in [1.807, 2.05) is 23.1 Å². The molecule has 0 saturated carbocycles. The maximum Gasteiger partial charge on any atom is 0.223 e.